The molecule has 0 aliphatic carbocycles. The summed E-state index contributed by atoms with van der Waals surface area (Å²) in [5.74, 6) is 1.31. The van der Waals surface area contributed by atoms with E-state index in [1.807, 2.05) is 123 Å². The van der Waals surface area contributed by atoms with Crippen molar-refractivity contribution in [3.05, 3.63) is 329 Å². The van der Waals surface area contributed by atoms with Crippen LogP contribution in [0.3, 0.4) is 0 Å². The first kappa shape index (κ1) is 81.4. The van der Waals surface area contributed by atoms with E-state index in [-0.39, 0.29) is 82.8 Å². The van der Waals surface area contributed by atoms with Gasteiger partial charge in [-0.3, -0.25) is 54.0 Å². The van der Waals surface area contributed by atoms with Gasteiger partial charge in [0, 0.05) is 55.7 Å². The Bertz CT molecular complexity index is 4540. The van der Waals surface area contributed by atoms with E-state index < -0.39 is 43.2 Å². The number of anilines is 1. The molecule has 4 aromatic heterocycles. The minimum absolute atomic E-state index is 0. The molecular formula is C76H81BrN12O16S. The molecule has 0 bridgehead atoms. The smallest absolute Gasteiger partial charge is 0.357 e. The number of carbonyl (C=O) groups is 3. The molecular weight excluding hydrogens is 1450 g/mol. The van der Waals surface area contributed by atoms with E-state index in [2.05, 4.69) is 35.9 Å². The van der Waals surface area contributed by atoms with Crippen LogP contribution in [0, 0.1) is 30.3 Å². The molecule has 30 heteroatoms. The summed E-state index contributed by atoms with van der Waals surface area (Å²) >= 11 is 0. The molecule has 11 rings (SSSR count). The summed E-state index contributed by atoms with van der Waals surface area (Å²) in [4.78, 5) is 86.2. The van der Waals surface area contributed by atoms with E-state index in [1.165, 1.54) is 48.5 Å². The lowest BCUT2D eigenvalue weighted by molar-refractivity contribution is -0.385. The molecule has 0 radical (unpaired) electrons. The molecule has 0 unspecified atom stereocenters. The number of nitro groups is 3. The van der Waals surface area contributed by atoms with Crippen molar-refractivity contribution >= 4 is 67.8 Å². The molecule has 3 amide bonds. The molecule has 7 N–H and O–H groups in total. The Labute approximate surface area is 621 Å². The standard InChI is InChI=1S/C21H23N3O5S.2C21H21N3O4.C13H15N3O3.BrH/c1-2-17-14-29-21(22-17)19(23-20(25)13-15-6-4-3-5-7-15)12-16-8-10-18(11-9-16)24-30(26,27)28;2*1-2-17-14-28-21(22-17)19(12-16-8-10-18(11-9-16)24(26)27)23-20(25)13-15-6-4-3-5-7-15;1-2-10-8-19-13(15-10)12(14)7-9-3-5-11(6-4-9)16(17)18;/h3-11,14,19,24H,2,12-13H2,1H3,(H,23,25)(H,26,27,28);2*3-11,14,19H,2,12-13H2,1H3,(H,23,25);3-6,8,12H,2,7,14H2,1H3;1H/t3*19-;12-;/m0000./s1. The molecule has 0 spiro atoms. The number of oxazole rings is 4. The highest BCUT2D eigenvalue weighted by molar-refractivity contribution is 8.93. The van der Waals surface area contributed by atoms with Crippen molar-refractivity contribution < 1.29 is 59.8 Å². The summed E-state index contributed by atoms with van der Waals surface area (Å²) in [6.45, 7) is 7.90. The number of halogens is 1. The van der Waals surface area contributed by atoms with Gasteiger partial charge in [-0.25, -0.2) is 19.9 Å². The van der Waals surface area contributed by atoms with Crippen LogP contribution in [0.1, 0.15) is 137 Å². The summed E-state index contributed by atoms with van der Waals surface area (Å²) in [5.41, 5.74) is 15.8. The molecule has 4 heterocycles. The summed E-state index contributed by atoms with van der Waals surface area (Å²) in [5, 5.41) is 41.1. The first-order valence-electron chi connectivity index (χ1n) is 33.6. The Morgan fingerprint density at radius 3 is 0.915 bits per heavy atom. The van der Waals surface area contributed by atoms with Crippen molar-refractivity contribution in [3.8, 4) is 0 Å². The van der Waals surface area contributed by atoms with E-state index in [9.17, 15) is 53.1 Å². The second-order valence-electron chi connectivity index (χ2n) is 23.9. The van der Waals surface area contributed by atoms with Crippen LogP contribution >= 0.6 is 17.0 Å². The second-order valence-corrected chi connectivity index (χ2v) is 25.1. The Morgan fingerprint density at radius 1 is 0.406 bits per heavy atom. The number of amides is 3. The average molecular weight is 1530 g/mol. The number of hydrogen-bond donors (Lipinski definition) is 6. The van der Waals surface area contributed by atoms with Crippen LogP contribution in [-0.2, 0) is 95.3 Å². The predicted octanol–water partition coefficient (Wildman–Crippen LogP) is 13.6. The van der Waals surface area contributed by atoms with Gasteiger partial charge < -0.3 is 39.4 Å². The van der Waals surface area contributed by atoms with Crippen molar-refractivity contribution in [2.45, 2.75) is 122 Å². The number of carbonyl (C=O) groups excluding carboxylic acids is 3. The Hall–Kier alpha value is -11.9. The molecule has 0 fully saturated rings. The number of rotatable bonds is 30. The maximum absolute atomic E-state index is 12.6. The quantitative estimate of drug-likeness (QED) is 0.0138. The fourth-order valence-electron chi connectivity index (χ4n) is 10.4. The number of nitro benzene ring substituents is 3. The number of non-ortho nitro benzene ring substituents is 3. The van der Waals surface area contributed by atoms with Crippen LogP contribution in [0.2, 0.25) is 0 Å². The molecule has 554 valence electrons. The van der Waals surface area contributed by atoms with Gasteiger partial charge in [-0.1, -0.05) is 167 Å². The highest BCUT2D eigenvalue weighted by Crippen LogP contribution is 2.26. The molecule has 0 saturated heterocycles. The van der Waals surface area contributed by atoms with Crippen molar-refractivity contribution in [1.82, 2.24) is 35.9 Å². The van der Waals surface area contributed by atoms with Gasteiger partial charge in [0.15, 0.2) is 0 Å². The highest BCUT2D eigenvalue weighted by atomic mass is 79.9. The molecule has 4 atom stereocenters. The topological polar surface area (TPSA) is 413 Å². The average Bonchev–Trinajstić information content (AvgIpc) is 1.63. The van der Waals surface area contributed by atoms with Gasteiger partial charge in [0.05, 0.1) is 68.5 Å². The minimum Gasteiger partial charge on any atom is -0.447 e. The van der Waals surface area contributed by atoms with Crippen LogP contribution in [0.25, 0.3) is 0 Å². The Balaban J connectivity index is 0.000000199. The summed E-state index contributed by atoms with van der Waals surface area (Å²) < 4.78 is 54.7. The van der Waals surface area contributed by atoms with Gasteiger partial charge in [-0.2, -0.15) is 8.42 Å². The number of nitrogens with two attached hydrogens (primary N) is 1. The van der Waals surface area contributed by atoms with Crippen LogP contribution < -0.4 is 26.4 Å². The monoisotopic (exact) mass is 1530 g/mol. The molecule has 106 heavy (non-hydrogen) atoms. The lowest BCUT2D eigenvalue weighted by Crippen LogP contribution is -2.31. The van der Waals surface area contributed by atoms with E-state index in [0.29, 0.717) is 55.7 Å². The number of nitrogens with zero attached hydrogens (tertiary/aromatic N) is 7. The van der Waals surface area contributed by atoms with Crippen molar-refractivity contribution in [1.29, 1.82) is 0 Å². The van der Waals surface area contributed by atoms with Crippen molar-refractivity contribution in [2.24, 2.45) is 5.73 Å². The summed E-state index contributed by atoms with van der Waals surface area (Å²) in [7, 11) is -4.33. The molecule has 28 nitrogen and oxygen atoms in total. The van der Waals surface area contributed by atoms with Gasteiger partial charge in [0.2, 0.25) is 41.3 Å². The largest absolute Gasteiger partial charge is 0.447 e. The fraction of sp³-hybridized carbons (Fsp3) is 0.250. The van der Waals surface area contributed by atoms with E-state index in [1.54, 1.807) is 73.6 Å². The number of hydrogen-bond acceptors (Lipinski definition) is 20. The Kier molecular flexibility index (Phi) is 31.4. The molecule has 11 aromatic rings. The van der Waals surface area contributed by atoms with E-state index in [0.717, 1.165) is 81.0 Å². The zero-order valence-corrected chi connectivity index (χ0v) is 60.9. The SMILES string of the molecule is Br.CCc1coc([C@@H](N)Cc2ccc([N+](=O)[O-])cc2)n1.CCc1coc([C@H](Cc2ccc(NS(=O)(=O)O)cc2)NC(=O)Cc2ccccc2)n1.CCc1coc([C@H](Cc2ccc([N+](=O)[O-])cc2)NC(=O)Cc2ccccc2)n1.CCc1coc([C@H](Cc2ccc([N+](=O)[O-])cc2)NC(=O)Cc2ccccc2)n1. The summed E-state index contributed by atoms with van der Waals surface area (Å²) in [6.07, 6.45) is 11.8. The van der Waals surface area contributed by atoms with Crippen molar-refractivity contribution in [3.63, 3.8) is 0 Å². The number of benzene rings is 7. The second kappa shape index (κ2) is 40.8. The zero-order chi connectivity index (χ0) is 75.3. The maximum Gasteiger partial charge on any atom is 0.357 e. The van der Waals surface area contributed by atoms with Crippen LogP contribution in [0.15, 0.2) is 231 Å². The third-order valence-electron chi connectivity index (χ3n) is 16.0. The lowest BCUT2D eigenvalue weighted by atomic mass is 10.0. The maximum atomic E-state index is 12.6. The third-order valence-corrected chi connectivity index (χ3v) is 16.5. The predicted molar refractivity (Wildman–Crippen MR) is 400 cm³/mol. The normalized spacial score (nSPS) is 11.9. The van der Waals surface area contributed by atoms with Crippen LogP contribution in [0.4, 0.5) is 22.7 Å². The Morgan fingerprint density at radius 2 is 0.660 bits per heavy atom. The molecule has 0 aliphatic rings. The van der Waals surface area contributed by atoms with Gasteiger partial charge in [-0.05, 0) is 83.2 Å². The van der Waals surface area contributed by atoms with Crippen molar-refractivity contribution in [2.75, 3.05) is 4.72 Å². The molecule has 0 saturated carbocycles. The van der Waals surface area contributed by atoms with Crippen LogP contribution in [0.5, 0.6) is 0 Å². The first-order valence-corrected chi connectivity index (χ1v) is 35.0. The molecule has 7 aromatic carbocycles. The van der Waals surface area contributed by atoms with Gasteiger partial charge in [-0.15, -0.1) is 17.0 Å². The lowest BCUT2D eigenvalue weighted by Gasteiger charge is -2.16. The van der Waals surface area contributed by atoms with Gasteiger partial charge in [0.25, 0.3) is 17.1 Å². The fourth-order valence-corrected chi connectivity index (χ4v) is 10.9. The number of aromatic nitrogens is 4. The molecule has 0 aliphatic heterocycles. The van der Waals surface area contributed by atoms with E-state index in [4.69, 9.17) is 28.0 Å². The number of aryl methyl sites for hydroxylation is 4. The highest BCUT2D eigenvalue weighted by Gasteiger charge is 2.25. The van der Waals surface area contributed by atoms with Crippen LogP contribution in [-0.4, -0.2) is 65.4 Å². The van der Waals surface area contributed by atoms with Gasteiger partial charge >= 0.3 is 10.3 Å². The third kappa shape index (κ3) is 26.8. The first-order chi connectivity index (χ1) is 50.5. The van der Waals surface area contributed by atoms with Gasteiger partial charge in [0.1, 0.15) is 43.2 Å². The van der Waals surface area contributed by atoms with E-state index >= 15 is 0 Å². The summed E-state index contributed by atoms with van der Waals surface area (Å²) in [6, 6.07) is 51.9. The zero-order valence-electron chi connectivity index (χ0n) is 58.4. The minimum atomic E-state index is -4.33. The number of nitrogens with one attached hydrogen (secondary N) is 4.